The molecule has 0 saturated heterocycles. The third-order valence-electron chi connectivity index (χ3n) is 4.26. The van der Waals surface area contributed by atoms with Gasteiger partial charge >= 0.3 is 0 Å². The first-order valence-corrected chi connectivity index (χ1v) is 9.72. The van der Waals surface area contributed by atoms with Gasteiger partial charge in [0.1, 0.15) is 5.75 Å². The molecular weight excluding hydrogens is 324 g/mol. The van der Waals surface area contributed by atoms with E-state index in [1.165, 1.54) is 12.8 Å². The van der Waals surface area contributed by atoms with Gasteiger partial charge in [0.15, 0.2) is 0 Å². The largest absolute Gasteiger partial charge is 0.490 e. The van der Waals surface area contributed by atoms with Crippen LogP contribution in [0.3, 0.4) is 0 Å². The normalized spacial score (nSPS) is 16.9. The molecule has 1 aliphatic rings. The molecule has 1 heterocycles. The first kappa shape index (κ1) is 16.9. The number of nitrogens with one attached hydrogen (secondary N) is 1. The molecule has 128 valence electrons. The van der Waals surface area contributed by atoms with E-state index in [0.29, 0.717) is 0 Å². The van der Waals surface area contributed by atoms with Crippen LogP contribution in [-0.4, -0.2) is 19.5 Å². The molecule has 1 atom stereocenters. The van der Waals surface area contributed by atoms with E-state index in [1.54, 1.807) is 49.6 Å². The van der Waals surface area contributed by atoms with Crippen LogP contribution >= 0.6 is 0 Å². The number of nitrogens with zero attached hydrogens (tertiary/aromatic N) is 1. The predicted octanol–water partition coefficient (Wildman–Crippen LogP) is 3.44. The number of benzene rings is 1. The number of sulfonamides is 1. The van der Waals surface area contributed by atoms with Gasteiger partial charge in [0.05, 0.1) is 11.0 Å². The van der Waals surface area contributed by atoms with Crippen LogP contribution in [0.2, 0.25) is 0 Å². The van der Waals surface area contributed by atoms with Crippen molar-refractivity contribution in [2.45, 2.75) is 49.6 Å². The van der Waals surface area contributed by atoms with E-state index < -0.39 is 10.0 Å². The van der Waals surface area contributed by atoms with Crippen LogP contribution in [0.25, 0.3) is 0 Å². The van der Waals surface area contributed by atoms with Crippen molar-refractivity contribution in [2.24, 2.45) is 0 Å². The van der Waals surface area contributed by atoms with E-state index in [0.717, 1.165) is 24.2 Å². The molecule has 1 N–H and O–H groups in total. The van der Waals surface area contributed by atoms with Crippen molar-refractivity contribution in [3.05, 3.63) is 54.4 Å². The number of pyridine rings is 1. The Morgan fingerprint density at radius 2 is 1.88 bits per heavy atom. The van der Waals surface area contributed by atoms with Gasteiger partial charge in [0.25, 0.3) is 0 Å². The second-order valence-corrected chi connectivity index (χ2v) is 7.84. The van der Waals surface area contributed by atoms with E-state index in [9.17, 15) is 8.42 Å². The van der Waals surface area contributed by atoms with Crippen LogP contribution in [0.15, 0.2) is 53.7 Å². The van der Waals surface area contributed by atoms with Crippen LogP contribution in [0.1, 0.15) is 44.2 Å². The van der Waals surface area contributed by atoms with Gasteiger partial charge < -0.3 is 4.74 Å². The van der Waals surface area contributed by atoms with E-state index >= 15 is 0 Å². The highest BCUT2D eigenvalue weighted by Crippen LogP contribution is 2.25. The molecule has 1 saturated carbocycles. The van der Waals surface area contributed by atoms with Crippen molar-refractivity contribution in [1.29, 1.82) is 0 Å². The topological polar surface area (TPSA) is 68.3 Å². The van der Waals surface area contributed by atoms with Crippen LogP contribution in [0, 0.1) is 0 Å². The second-order valence-electron chi connectivity index (χ2n) is 6.13. The van der Waals surface area contributed by atoms with Crippen molar-refractivity contribution in [3.8, 4) is 5.75 Å². The highest BCUT2D eigenvalue weighted by Gasteiger charge is 2.20. The Morgan fingerprint density at radius 1 is 1.17 bits per heavy atom. The molecule has 1 fully saturated rings. The minimum Gasteiger partial charge on any atom is -0.490 e. The number of hydrogen-bond donors (Lipinski definition) is 1. The summed E-state index contributed by atoms with van der Waals surface area (Å²) in [5, 5.41) is 0. The van der Waals surface area contributed by atoms with Crippen molar-refractivity contribution >= 4 is 10.0 Å². The average molecular weight is 346 g/mol. The molecule has 1 aliphatic carbocycles. The lowest BCUT2D eigenvalue weighted by Crippen LogP contribution is -2.26. The van der Waals surface area contributed by atoms with E-state index in [2.05, 4.69) is 9.71 Å². The number of rotatable bonds is 6. The SMILES string of the molecule is CC(NS(=O)(=O)c1ccc(OC2CCCC2)cc1)c1cccnc1. The Kier molecular flexibility index (Phi) is 5.16. The summed E-state index contributed by atoms with van der Waals surface area (Å²) in [6.45, 7) is 1.80. The highest BCUT2D eigenvalue weighted by molar-refractivity contribution is 7.89. The smallest absolute Gasteiger partial charge is 0.241 e. The quantitative estimate of drug-likeness (QED) is 0.870. The standard InChI is InChI=1S/C18H22N2O3S/c1-14(15-5-4-12-19-13-15)20-24(21,22)18-10-8-17(9-11-18)23-16-6-2-3-7-16/h4-5,8-14,16,20H,2-3,6-7H2,1H3. The van der Waals surface area contributed by atoms with Crippen molar-refractivity contribution < 1.29 is 13.2 Å². The zero-order valence-electron chi connectivity index (χ0n) is 13.7. The summed E-state index contributed by atoms with van der Waals surface area (Å²) >= 11 is 0. The second kappa shape index (κ2) is 7.32. The number of hydrogen-bond acceptors (Lipinski definition) is 4. The molecule has 2 aromatic rings. The van der Waals surface area contributed by atoms with Crippen molar-refractivity contribution in [2.75, 3.05) is 0 Å². The van der Waals surface area contributed by atoms with Gasteiger partial charge in [0.2, 0.25) is 10.0 Å². The average Bonchev–Trinajstić information content (AvgIpc) is 3.09. The molecule has 1 aromatic heterocycles. The third kappa shape index (κ3) is 4.13. The van der Waals surface area contributed by atoms with E-state index in [4.69, 9.17) is 4.74 Å². The Bertz CT molecular complexity index is 755. The third-order valence-corrected chi connectivity index (χ3v) is 5.81. The van der Waals surface area contributed by atoms with Crippen LogP contribution in [-0.2, 0) is 10.0 Å². The van der Waals surface area contributed by atoms with Crippen LogP contribution in [0.4, 0.5) is 0 Å². The maximum absolute atomic E-state index is 12.5. The molecule has 0 aliphatic heterocycles. The maximum atomic E-state index is 12.5. The summed E-state index contributed by atoms with van der Waals surface area (Å²) in [7, 11) is -3.59. The monoisotopic (exact) mass is 346 g/mol. The minimum atomic E-state index is -3.59. The molecule has 5 nitrogen and oxygen atoms in total. The first-order valence-electron chi connectivity index (χ1n) is 8.23. The molecule has 0 radical (unpaired) electrons. The Hall–Kier alpha value is -1.92. The fourth-order valence-electron chi connectivity index (χ4n) is 2.90. The highest BCUT2D eigenvalue weighted by atomic mass is 32.2. The lowest BCUT2D eigenvalue weighted by Gasteiger charge is -2.15. The van der Waals surface area contributed by atoms with Gasteiger partial charge in [0, 0.05) is 18.4 Å². The Balaban J connectivity index is 1.67. The lowest BCUT2D eigenvalue weighted by atomic mass is 10.2. The predicted molar refractivity (Wildman–Crippen MR) is 92.3 cm³/mol. The molecule has 0 amide bonds. The Morgan fingerprint density at radius 3 is 2.50 bits per heavy atom. The van der Waals surface area contributed by atoms with Gasteiger partial charge in [-0.15, -0.1) is 0 Å². The molecule has 6 heteroatoms. The Labute approximate surface area is 143 Å². The zero-order valence-corrected chi connectivity index (χ0v) is 14.5. The molecule has 0 bridgehead atoms. The first-order chi connectivity index (χ1) is 11.5. The fraction of sp³-hybridized carbons (Fsp3) is 0.389. The fourth-order valence-corrected chi connectivity index (χ4v) is 4.13. The van der Waals surface area contributed by atoms with Gasteiger partial charge in [-0.1, -0.05) is 6.07 Å². The van der Waals surface area contributed by atoms with E-state index in [-0.39, 0.29) is 17.0 Å². The molecule has 1 aromatic carbocycles. The number of ether oxygens (including phenoxy) is 1. The summed E-state index contributed by atoms with van der Waals surface area (Å²) in [6.07, 6.45) is 8.13. The molecule has 24 heavy (non-hydrogen) atoms. The van der Waals surface area contributed by atoms with Gasteiger partial charge in [-0.2, -0.15) is 0 Å². The maximum Gasteiger partial charge on any atom is 0.241 e. The molecular formula is C18H22N2O3S. The summed E-state index contributed by atoms with van der Waals surface area (Å²) in [6, 6.07) is 9.90. The summed E-state index contributed by atoms with van der Waals surface area (Å²) in [4.78, 5) is 4.25. The summed E-state index contributed by atoms with van der Waals surface area (Å²) in [5.41, 5.74) is 0.822. The van der Waals surface area contributed by atoms with Gasteiger partial charge in [-0.25, -0.2) is 13.1 Å². The van der Waals surface area contributed by atoms with Crippen molar-refractivity contribution in [3.63, 3.8) is 0 Å². The van der Waals surface area contributed by atoms with Crippen LogP contribution < -0.4 is 9.46 Å². The van der Waals surface area contributed by atoms with Gasteiger partial charge in [-0.05, 0) is 68.5 Å². The molecule has 0 spiro atoms. The van der Waals surface area contributed by atoms with E-state index in [1.807, 2.05) is 6.07 Å². The lowest BCUT2D eigenvalue weighted by molar-refractivity contribution is 0.210. The summed E-state index contributed by atoms with van der Waals surface area (Å²) in [5.74, 6) is 0.723. The number of aromatic nitrogens is 1. The van der Waals surface area contributed by atoms with Gasteiger partial charge in [-0.3, -0.25) is 4.98 Å². The molecule has 1 unspecified atom stereocenters. The zero-order chi connectivity index (χ0) is 17.0. The summed E-state index contributed by atoms with van der Waals surface area (Å²) < 4.78 is 33.5. The molecule has 3 rings (SSSR count). The van der Waals surface area contributed by atoms with Crippen LogP contribution in [0.5, 0.6) is 5.75 Å². The minimum absolute atomic E-state index is 0.233. The van der Waals surface area contributed by atoms with Crippen molar-refractivity contribution in [1.82, 2.24) is 9.71 Å².